The van der Waals surface area contributed by atoms with Crippen LogP contribution in [0.15, 0.2) is 48.8 Å². The molecule has 2 aliphatic rings. The number of ether oxygens (including phenoxy) is 2. The Morgan fingerprint density at radius 1 is 1.06 bits per heavy atom. The quantitative estimate of drug-likeness (QED) is 0.523. The van der Waals surface area contributed by atoms with Crippen LogP contribution in [0.4, 0.5) is 10.5 Å². The van der Waals surface area contributed by atoms with Gasteiger partial charge in [0.1, 0.15) is 0 Å². The lowest BCUT2D eigenvalue weighted by atomic mass is 9.99. The standard InChI is InChI=1S/C27H29N3O4/c1-2-33-26(31)24(16-18-7-3-10-21(15-18)30-14-6-13-28-30)34-27(32)29-25-22-11-4-8-19(22)17-20-9-5-12-23(20)25/h3,6-7,10,13-15,17,24H,2,4-5,8-9,11-12,16H2,1H3,(H,29,32). The highest BCUT2D eigenvalue weighted by Crippen LogP contribution is 2.38. The van der Waals surface area contributed by atoms with Crippen molar-refractivity contribution in [3.05, 3.63) is 76.6 Å². The molecular weight excluding hydrogens is 430 g/mol. The van der Waals surface area contributed by atoms with Crippen LogP contribution in [-0.4, -0.2) is 34.6 Å². The van der Waals surface area contributed by atoms with E-state index in [2.05, 4.69) is 16.5 Å². The lowest BCUT2D eigenvalue weighted by Gasteiger charge is -2.20. The first-order valence-electron chi connectivity index (χ1n) is 12.0. The maximum atomic E-state index is 13.0. The van der Waals surface area contributed by atoms with Crippen LogP contribution in [0.5, 0.6) is 0 Å². The van der Waals surface area contributed by atoms with Crippen molar-refractivity contribution in [2.45, 2.75) is 58.0 Å². The Kier molecular flexibility index (Phi) is 6.34. The highest BCUT2D eigenvalue weighted by Gasteiger charge is 2.28. The Morgan fingerprint density at radius 3 is 2.50 bits per heavy atom. The monoisotopic (exact) mass is 459 g/mol. The van der Waals surface area contributed by atoms with Gasteiger partial charge in [0.25, 0.3) is 0 Å². The molecule has 5 rings (SSSR count). The van der Waals surface area contributed by atoms with E-state index in [9.17, 15) is 9.59 Å². The van der Waals surface area contributed by atoms with E-state index in [1.807, 2.05) is 36.5 Å². The fraction of sp³-hybridized carbons (Fsp3) is 0.370. The molecule has 1 N–H and O–H groups in total. The zero-order valence-electron chi connectivity index (χ0n) is 19.4. The van der Waals surface area contributed by atoms with Crippen molar-refractivity contribution in [1.29, 1.82) is 0 Å². The van der Waals surface area contributed by atoms with E-state index in [1.165, 1.54) is 22.3 Å². The summed E-state index contributed by atoms with van der Waals surface area (Å²) in [7, 11) is 0. The van der Waals surface area contributed by atoms with E-state index in [0.717, 1.165) is 55.5 Å². The minimum Gasteiger partial charge on any atom is -0.463 e. The van der Waals surface area contributed by atoms with Gasteiger partial charge in [-0.2, -0.15) is 5.10 Å². The van der Waals surface area contributed by atoms with Crippen molar-refractivity contribution < 1.29 is 19.1 Å². The summed E-state index contributed by atoms with van der Waals surface area (Å²) in [6.45, 7) is 1.96. The van der Waals surface area contributed by atoms with Gasteiger partial charge >= 0.3 is 12.1 Å². The van der Waals surface area contributed by atoms with Crippen molar-refractivity contribution in [3.63, 3.8) is 0 Å². The van der Waals surface area contributed by atoms with Crippen LogP contribution >= 0.6 is 0 Å². The summed E-state index contributed by atoms with van der Waals surface area (Å²) in [6.07, 6.45) is 8.32. The van der Waals surface area contributed by atoms with Crippen LogP contribution in [0.3, 0.4) is 0 Å². The topological polar surface area (TPSA) is 82.5 Å². The summed E-state index contributed by atoms with van der Waals surface area (Å²) in [5.41, 5.74) is 7.71. The predicted molar refractivity (Wildman–Crippen MR) is 128 cm³/mol. The summed E-state index contributed by atoms with van der Waals surface area (Å²) in [5.74, 6) is -0.550. The van der Waals surface area contributed by atoms with Gasteiger partial charge in [0.2, 0.25) is 6.10 Å². The van der Waals surface area contributed by atoms with Gasteiger partial charge in [0.05, 0.1) is 18.0 Å². The fourth-order valence-corrected chi connectivity index (χ4v) is 5.10. The molecule has 0 bridgehead atoms. The van der Waals surface area contributed by atoms with Crippen molar-refractivity contribution in [3.8, 4) is 5.69 Å². The number of nitrogens with zero attached hydrogens (tertiary/aromatic N) is 2. The third-order valence-corrected chi connectivity index (χ3v) is 6.60. The number of esters is 1. The maximum Gasteiger partial charge on any atom is 0.412 e. The van der Waals surface area contributed by atoms with Crippen LogP contribution in [0, 0.1) is 0 Å². The van der Waals surface area contributed by atoms with E-state index >= 15 is 0 Å². The molecule has 1 atom stereocenters. The Labute approximate surface area is 199 Å². The number of benzene rings is 2. The molecule has 0 fully saturated rings. The average molecular weight is 460 g/mol. The van der Waals surface area contributed by atoms with E-state index < -0.39 is 18.2 Å². The van der Waals surface area contributed by atoms with E-state index in [4.69, 9.17) is 9.47 Å². The van der Waals surface area contributed by atoms with Gasteiger partial charge in [-0.05, 0) is 91.5 Å². The Balaban J connectivity index is 1.35. The molecule has 7 heteroatoms. The number of amides is 1. The first-order valence-corrected chi connectivity index (χ1v) is 12.0. The van der Waals surface area contributed by atoms with Crippen molar-refractivity contribution in [1.82, 2.24) is 9.78 Å². The van der Waals surface area contributed by atoms with Crippen molar-refractivity contribution in [2.75, 3.05) is 11.9 Å². The van der Waals surface area contributed by atoms with Gasteiger partial charge in [-0.1, -0.05) is 18.2 Å². The predicted octanol–water partition coefficient (Wildman–Crippen LogP) is 4.57. The van der Waals surface area contributed by atoms with E-state index in [0.29, 0.717) is 0 Å². The third kappa shape index (κ3) is 4.55. The SMILES string of the molecule is CCOC(=O)C(Cc1cccc(-n2cccn2)c1)OC(=O)Nc1c2c(cc3c1CCC3)CCC2. The second-order valence-electron chi connectivity index (χ2n) is 8.83. The van der Waals surface area contributed by atoms with Crippen LogP contribution in [-0.2, 0) is 46.4 Å². The number of rotatable bonds is 7. The smallest absolute Gasteiger partial charge is 0.412 e. The number of aryl methyl sites for hydroxylation is 2. The lowest BCUT2D eigenvalue weighted by molar-refractivity contribution is -0.152. The van der Waals surface area contributed by atoms with Gasteiger partial charge in [-0.3, -0.25) is 5.32 Å². The number of carbonyl (C=O) groups excluding carboxylic acids is 2. The van der Waals surface area contributed by atoms with E-state index in [1.54, 1.807) is 17.8 Å². The van der Waals surface area contributed by atoms with Gasteiger partial charge < -0.3 is 9.47 Å². The second-order valence-corrected chi connectivity index (χ2v) is 8.83. The second kappa shape index (κ2) is 9.71. The first-order chi connectivity index (χ1) is 16.6. The summed E-state index contributed by atoms with van der Waals surface area (Å²) in [5, 5.41) is 7.26. The molecule has 0 spiro atoms. The highest BCUT2D eigenvalue weighted by molar-refractivity contribution is 5.90. The number of anilines is 1. The number of hydrogen-bond acceptors (Lipinski definition) is 5. The molecule has 3 aromatic rings. The number of carbonyl (C=O) groups is 2. The van der Waals surface area contributed by atoms with Gasteiger partial charge in [0, 0.05) is 18.8 Å². The normalized spacial score (nSPS) is 14.9. The molecule has 0 saturated heterocycles. The molecule has 34 heavy (non-hydrogen) atoms. The molecule has 1 aromatic heterocycles. The first kappa shape index (κ1) is 22.2. The van der Waals surface area contributed by atoms with Gasteiger partial charge in [-0.25, -0.2) is 14.3 Å². The van der Waals surface area contributed by atoms with Gasteiger partial charge in [-0.15, -0.1) is 0 Å². The molecule has 0 saturated carbocycles. The number of fused-ring (bicyclic) bond motifs is 2. The molecule has 1 heterocycles. The highest BCUT2D eigenvalue weighted by atomic mass is 16.6. The summed E-state index contributed by atoms with van der Waals surface area (Å²) in [4.78, 5) is 25.7. The van der Waals surface area contributed by atoms with Crippen LogP contribution in [0.1, 0.15) is 47.6 Å². The molecule has 0 aliphatic heterocycles. The summed E-state index contributed by atoms with van der Waals surface area (Å²) in [6, 6.07) is 11.8. The van der Waals surface area contributed by atoms with Gasteiger partial charge in [0.15, 0.2) is 0 Å². The van der Waals surface area contributed by atoms with Crippen LogP contribution in [0.25, 0.3) is 5.69 Å². The van der Waals surface area contributed by atoms with Crippen molar-refractivity contribution in [2.24, 2.45) is 0 Å². The lowest BCUT2D eigenvalue weighted by Crippen LogP contribution is -2.33. The number of nitrogens with one attached hydrogen (secondary N) is 1. The van der Waals surface area contributed by atoms with Crippen LogP contribution < -0.4 is 5.32 Å². The van der Waals surface area contributed by atoms with Crippen LogP contribution in [0.2, 0.25) is 0 Å². The molecule has 0 radical (unpaired) electrons. The molecule has 1 amide bonds. The zero-order chi connectivity index (χ0) is 23.5. The van der Waals surface area contributed by atoms with Crippen molar-refractivity contribution >= 4 is 17.7 Å². The van der Waals surface area contributed by atoms with E-state index in [-0.39, 0.29) is 13.0 Å². The Hall–Kier alpha value is -3.61. The average Bonchev–Trinajstić information content (AvgIpc) is 3.60. The Morgan fingerprint density at radius 2 is 1.82 bits per heavy atom. The zero-order valence-corrected chi connectivity index (χ0v) is 19.4. The minimum absolute atomic E-state index is 0.215. The molecule has 1 unspecified atom stereocenters. The molecular formula is C27H29N3O4. The summed E-state index contributed by atoms with van der Waals surface area (Å²) >= 11 is 0. The molecule has 176 valence electrons. The number of hydrogen-bond donors (Lipinski definition) is 1. The largest absolute Gasteiger partial charge is 0.463 e. The minimum atomic E-state index is -1.04. The Bertz CT molecular complexity index is 1170. The molecule has 2 aliphatic carbocycles. The number of aromatic nitrogens is 2. The fourth-order valence-electron chi connectivity index (χ4n) is 5.10. The molecule has 7 nitrogen and oxygen atoms in total. The summed E-state index contributed by atoms with van der Waals surface area (Å²) < 4.78 is 12.6. The third-order valence-electron chi connectivity index (χ3n) is 6.60. The maximum absolute atomic E-state index is 13.0. The molecule has 2 aromatic carbocycles.